The smallest absolute Gasteiger partial charge is 0.211 e. The maximum atomic E-state index is 12.8. The molecular formula is C100H129N2O2S5+5. The zero-order valence-corrected chi connectivity index (χ0v) is 71.2. The number of benzene rings is 9. The van der Waals surface area contributed by atoms with Gasteiger partial charge in [-0.1, -0.05) is 307 Å². The van der Waals surface area contributed by atoms with Crippen LogP contribution >= 0.6 is 10.5 Å². The van der Waals surface area contributed by atoms with Crippen LogP contribution in [0.3, 0.4) is 0 Å². The molecule has 0 unspecified atom stereocenters. The summed E-state index contributed by atoms with van der Waals surface area (Å²) in [6, 6.07) is 87.2. The molecule has 12 aromatic rings. The Morgan fingerprint density at radius 3 is 1.07 bits per heavy atom. The summed E-state index contributed by atoms with van der Waals surface area (Å²) in [5.41, 5.74) is 4.45. The molecule has 1 aliphatic heterocycles. The van der Waals surface area contributed by atoms with Gasteiger partial charge in [-0.05, 0) is 158 Å². The second kappa shape index (κ2) is 50.1. The van der Waals surface area contributed by atoms with Gasteiger partial charge in [-0.2, -0.15) is 0 Å². The third-order valence-electron chi connectivity index (χ3n) is 20.7. The fourth-order valence-electron chi connectivity index (χ4n) is 14.6. The summed E-state index contributed by atoms with van der Waals surface area (Å²) in [5, 5.41) is 5.60. The van der Waals surface area contributed by atoms with E-state index in [9.17, 15) is 9.59 Å². The van der Waals surface area contributed by atoms with Crippen LogP contribution in [0.5, 0.6) is 0 Å². The Balaban J connectivity index is 0.000000161. The van der Waals surface area contributed by atoms with Crippen molar-refractivity contribution in [3.8, 4) is 4.90 Å². The molecule has 9 heteroatoms. The minimum absolute atomic E-state index is 0.0594. The Bertz CT molecular complexity index is 4320. The lowest BCUT2D eigenvalue weighted by Crippen LogP contribution is -2.23. The van der Waals surface area contributed by atoms with Crippen LogP contribution in [0.1, 0.15) is 215 Å². The molecule has 9 aromatic carbocycles. The van der Waals surface area contributed by atoms with Crippen LogP contribution in [-0.2, 0) is 57.7 Å². The van der Waals surface area contributed by atoms with Crippen molar-refractivity contribution < 1.29 is 9.59 Å². The van der Waals surface area contributed by atoms with E-state index in [1.807, 2.05) is 60.7 Å². The van der Waals surface area contributed by atoms with E-state index in [1.165, 1.54) is 263 Å². The molecule has 0 amide bonds. The largest absolute Gasteiger partial charge is 0.346 e. The zero-order chi connectivity index (χ0) is 76.3. The summed E-state index contributed by atoms with van der Waals surface area (Å²) >= 11 is 0. The number of thiophene rings is 1. The Hall–Kier alpha value is -6.98. The first kappa shape index (κ1) is 86.0. The molecule has 1 saturated heterocycles. The standard InChI is InChI=1S/C32H57OS.C21H18NS.C18H13S.C16H25OS.C13H16NS/c1-3-5-7-9-11-13-15-17-19-24-28-34(30-32(33)31-26-22-21-23-27-31)29-25-20-18-16-14-12-10-8-6-4-2;1-22-16-21(19-14-8-9-15-20(19)22)23(17-10-4-2-5-11-17)18-12-6-3-7-13-18;1-2-8-14(9-3-1)19-17-12-6-4-10-15(17)16-11-5-7-13-18(16)19;1-3-5-12-18(13-6-4-2)14-16(17)15-10-8-7-9-11-15;1-14-10-13(15-8-4-5-9-15)11-6-2-3-7-12(11)14/h21-23,26-27H,3-20,24-25,28-30H2,1-2H3;2-16H,1H3;1-13H;7-11H,3-6,12-14H2,1-2H3;2-3,6-7,10H,4-5,8-9H2,1H3/q5*+1. The quantitative estimate of drug-likeness (QED) is 0.0219. The van der Waals surface area contributed by atoms with Crippen molar-refractivity contribution in [1.29, 1.82) is 0 Å². The zero-order valence-electron chi connectivity index (χ0n) is 67.1. The van der Waals surface area contributed by atoms with E-state index in [-0.39, 0.29) is 32.3 Å². The number of ketones is 2. The van der Waals surface area contributed by atoms with Crippen LogP contribution in [0.25, 0.3) is 46.9 Å². The van der Waals surface area contributed by atoms with Gasteiger partial charge in [0.2, 0.25) is 11.6 Å². The number of hydrogen-bond acceptors (Lipinski definition) is 2. The second-order valence-corrected chi connectivity index (χ2v) is 40.2. The number of aromatic nitrogens is 2. The highest BCUT2D eigenvalue weighted by Gasteiger charge is 2.33. The molecule has 0 atom stereocenters. The number of carbonyl (C=O) groups is 2. The van der Waals surface area contributed by atoms with Gasteiger partial charge in [0.15, 0.2) is 45.4 Å². The van der Waals surface area contributed by atoms with Crippen LogP contribution in [0, 0.1) is 0 Å². The fraction of sp³-hybridized carbons (Fsp3) is 0.400. The number of hydrogen-bond donors (Lipinski definition) is 0. The number of para-hydroxylation sites is 2. The minimum Gasteiger partial charge on any atom is -0.346 e. The van der Waals surface area contributed by atoms with E-state index in [0.29, 0.717) is 33.4 Å². The molecule has 3 aromatic heterocycles. The molecule has 109 heavy (non-hydrogen) atoms. The van der Waals surface area contributed by atoms with Crippen LogP contribution in [0.15, 0.2) is 281 Å². The third kappa shape index (κ3) is 28.0. The molecular weight excluding hydrogens is 1420 g/mol. The highest BCUT2D eigenvalue weighted by Crippen LogP contribution is 2.48. The second-order valence-electron chi connectivity index (χ2n) is 29.4. The molecule has 0 radical (unpaired) electrons. The van der Waals surface area contributed by atoms with Gasteiger partial charge in [0.25, 0.3) is 0 Å². The van der Waals surface area contributed by atoms with E-state index in [1.54, 1.807) is 4.90 Å². The molecule has 13 rings (SSSR count). The lowest BCUT2D eigenvalue weighted by Gasteiger charge is -2.09. The van der Waals surface area contributed by atoms with Crippen molar-refractivity contribution in [2.45, 2.75) is 214 Å². The Kier molecular flexibility index (Phi) is 39.5. The Morgan fingerprint density at radius 1 is 0.330 bits per heavy atom. The Labute approximate surface area is 672 Å². The molecule has 0 aliphatic carbocycles. The van der Waals surface area contributed by atoms with E-state index >= 15 is 0 Å². The van der Waals surface area contributed by atoms with Gasteiger partial charge in [0.1, 0.15) is 45.4 Å². The first-order valence-corrected chi connectivity index (χ1v) is 49.2. The number of rotatable bonds is 39. The van der Waals surface area contributed by atoms with Crippen LogP contribution < -0.4 is 0 Å². The molecule has 0 spiro atoms. The van der Waals surface area contributed by atoms with Gasteiger partial charge in [0, 0.05) is 57.4 Å². The number of fused-ring (bicyclic) bond motifs is 5. The third-order valence-corrected chi connectivity index (χ3v) is 32.6. The maximum absolute atomic E-state index is 12.8. The lowest BCUT2D eigenvalue weighted by atomic mass is 10.1. The first-order valence-electron chi connectivity index (χ1n) is 41.7. The molecule has 4 heterocycles. The van der Waals surface area contributed by atoms with E-state index in [0.717, 1.165) is 22.6 Å². The number of aryl methyl sites for hydroxylation is 2. The van der Waals surface area contributed by atoms with Crippen molar-refractivity contribution >= 4 is 108 Å². The molecule has 576 valence electrons. The summed E-state index contributed by atoms with van der Waals surface area (Å²) in [6.07, 6.45) is 40.3. The maximum Gasteiger partial charge on any atom is 0.211 e. The molecule has 0 N–H and O–H groups in total. The van der Waals surface area contributed by atoms with Crippen molar-refractivity contribution in [3.63, 3.8) is 0 Å². The molecule has 4 nitrogen and oxygen atoms in total. The van der Waals surface area contributed by atoms with Crippen molar-refractivity contribution in [2.24, 2.45) is 14.1 Å². The average molecular weight is 1550 g/mol. The summed E-state index contributed by atoms with van der Waals surface area (Å²) in [6.45, 7) is 9.02. The topological polar surface area (TPSA) is 44.0 Å². The molecule has 0 bridgehead atoms. The van der Waals surface area contributed by atoms with Crippen LogP contribution in [0.4, 0.5) is 0 Å². The minimum atomic E-state index is -0.0892. The van der Waals surface area contributed by atoms with Crippen molar-refractivity contribution in [2.75, 3.05) is 46.0 Å². The van der Waals surface area contributed by atoms with Crippen LogP contribution in [-0.4, -0.2) is 66.7 Å². The van der Waals surface area contributed by atoms with Gasteiger partial charge in [-0.3, -0.25) is 9.59 Å². The predicted octanol–water partition coefficient (Wildman–Crippen LogP) is 28.4. The summed E-state index contributed by atoms with van der Waals surface area (Å²) in [4.78, 5) is 32.1. The van der Waals surface area contributed by atoms with Gasteiger partial charge in [0.05, 0.1) is 34.2 Å². The van der Waals surface area contributed by atoms with E-state index < -0.39 is 0 Å². The van der Waals surface area contributed by atoms with Gasteiger partial charge >= 0.3 is 0 Å². The number of carbonyl (C=O) groups excluding carboxylic acids is 2. The van der Waals surface area contributed by atoms with Gasteiger partial charge in [-0.25, -0.2) is 0 Å². The SMILES string of the molecule is CCCCCCCCCCCC[S+](CCCCCCCCCCCC)CC(=O)c1ccccc1.CCCC[S+](CCCC)CC(=O)c1ccccc1.Cn1cc([S+](c2ccccc2)c2ccccc2)c2ccccc21.Cn1cc([S+]2CCCC2)c2ccccc21.c1ccc(-[s+]2c3ccccc3c3ccccc32)cc1. The van der Waals surface area contributed by atoms with Gasteiger partial charge in [-0.15, -0.1) is 0 Å². The molecule has 0 saturated carbocycles. The van der Waals surface area contributed by atoms with E-state index in [2.05, 4.69) is 251 Å². The molecule has 1 aliphatic rings. The van der Waals surface area contributed by atoms with Gasteiger partial charge < -0.3 is 9.13 Å². The number of Topliss-reactive ketones (excluding diaryl/α,β-unsaturated/α-hetero) is 2. The highest BCUT2D eigenvalue weighted by atomic mass is 32.2. The van der Waals surface area contributed by atoms with Crippen LogP contribution in [0.2, 0.25) is 0 Å². The monoisotopic (exact) mass is 1550 g/mol. The number of nitrogens with zero attached hydrogens (tertiary/aromatic N) is 2. The summed E-state index contributed by atoms with van der Waals surface area (Å²) < 4.78 is 7.41. The lowest BCUT2D eigenvalue weighted by molar-refractivity contribution is 0.101. The number of unbranched alkanes of at least 4 members (excludes halogenated alkanes) is 20. The normalized spacial score (nSPS) is 12.1. The fourth-order valence-corrected chi connectivity index (χ4v) is 26.5. The predicted molar refractivity (Wildman–Crippen MR) is 490 cm³/mol. The summed E-state index contributed by atoms with van der Waals surface area (Å²) in [7, 11) is 5.36. The van der Waals surface area contributed by atoms with E-state index in [4.69, 9.17) is 0 Å². The first-order chi connectivity index (χ1) is 53.7. The Morgan fingerprint density at radius 2 is 0.651 bits per heavy atom. The highest BCUT2D eigenvalue weighted by molar-refractivity contribution is 7.98. The van der Waals surface area contributed by atoms with Crippen molar-refractivity contribution in [1.82, 2.24) is 9.13 Å². The average Bonchev–Trinajstić information content (AvgIpc) is 1.61. The van der Waals surface area contributed by atoms with Crippen molar-refractivity contribution in [3.05, 3.63) is 272 Å². The molecule has 1 fully saturated rings. The summed E-state index contributed by atoms with van der Waals surface area (Å²) in [5.74, 6) is 10.0.